The molecule has 0 amide bonds. The molecule has 1 nitrogen and oxygen atoms in total. The van der Waals surface area contributed by atoms with E-state index in [9.17, 15) is 0 Å². The lowest BCUT2D eigenvalue weighted by molar-refractivity contribution is 0.358. The summed E-state index contributed by atoms with van der Waals surface area (Å²) < 4.78 is 5.67. The molecule has 0 saturated carbocycles. The molecule has 0 aromatic rings. The lowest BCUT2D eigenvalue weighted by Crippen LogP contribution is -1.92. The summed E-state index contributed by atoms with van der Waals surface area (Å²) in [4.78, 5) is 0. The Morgan fingerprint density at radius 3 is 1.95 bits per heavy atom. The molecule has 1 aliphatic rings. The molecule has 0 bridgehead atoms. The predicted molar refractivity (Wildman–Crippen MR) is 93.7 cm³/mol. The van der Waals surface area contributed by atoms with Crippen LogP contribution in [-0.2, 0) is 4.74 Å². The number of allylic oxidation sites excluding steroid dienone is 2. The second-order valence-corrected chi connectivity index (χ2v) is 6.44. The van der Waals surface area contributed by atoms with Crippen molar-refractivity contribution in [3.05, 3.63) is 24.8 Å². The number of unbranched alkanes of at least 4 members (excludes halogenated alkanes) is 10. The van der Waals surface area contributed by atoms with E-state index in [1.165, 1.54) is 77.0 Å². The average Bonchev–Trinajstić information content (AvgIpc) is 3.23. The number of hydrogen-bond donors (Lipinski definition) is 0. The van der Waals surface area contributed by atoms with Crippen LogP contribution in [0, 0.1) is 0 Å². The summed E-state index contributed by atoms with van der Waals surface area (Å²) in [6.45, 7) is 5.96. The summed E-state index contributed by atoms with van der Waals surface area (Å²) in [5.41, 5.74) is 0. The first-order chi connectivity index (χ1) is 10.4. The monoisotopic (exact) mass is 292 g/mol. The number of hydrogen-bond acceptors (Lipinski definition) is 1. The Balaban J connectivity index is 1.74. The summed E-state index contributed by atoms with van der Waals surface area (Å²) in [5, 5.41) is 0. The molecular formula is C20H36O. The van der Waals surface area contributed by atoms with E-state index in [0.29, 0.717) is 12.2 Å². The topological polar surface area (TPSA) is 12.5 Å². The molecule has 2 atom stereocenters. The van der Waals surface area contributed by atoms with E-state index in [-0.39, 0.29) is 0 Å². The Morgan fingerprint density at radius 1 is 0.810 bits per heavy atom. The van der Waals surface area contributed by atoms with Gasteiger partial charge in [0.2, 0.25) is 0 Å². The summed E-state index contributed by atoms with van der Waals surface area (Å²) in [6, 6.07) is 0. The van der Waals surface area contributed by atoms with Gasteiger partial charge in [0.25, 0.3) is 0 Å². The minimum absolute atomic E-state index is 0.504. The van der Waals surface area contributed by atoms with Gasteiger partial charge in [-0.25, -0.2) is 0 Å². The maximum atomic E-state index is 5.67. The van der Waals surface area contributed by atoms with Gasteiger partial charge in [0.1, 0.15) is 0 Å². The standard InChI is InChI=1S/C20H36O/c1-3-5-7-8-9-10-11-12-13-14-16-18-20-19(21-20)17-15-6-4-2/h4,6,15,19-20H,2-3,5,7-14,16-18H2,1H3/b15-6+. The van der Waals surface area contributed by atoms with Crippen LogP contribution in [0.2, 0.25) is 0 Å². The lowest BCUT2D eigenvalue weighted by atomic mass is 10.0. The number of epoxide rings is 1. The molecule has 0 radical (unpaired) electrons. The molecule has 0 aromatic carbocycles. The normalized spacial score (nSPS) is 21.0. The van der Waals surface area contributed by atoms with Gasteiger partial charge < -0.3 is 4.74 Å². The zero-order chi connectivity index (χ0) is 15.2. The molecule has 1 heterocycles. The highest BCUT2D eigenvalue weighted by Gasteiger charge is 2.36. The van der Waals surface area contributed by atoms with Crippen molar-refractivity contribution in [2.75, 3.05) is 0 Å². The average molecular weight is 293 g/mol. The van der Waals surface area contributed by atoms with Crippen LogP contribution in [0.25, 0.3) is 0 Å². The zero-order valence-electron chi connectivity index (χ0n) is 14.2. The van der Waals surface area contributed by atoms with Crippen LogP contribution in [0.4, 0.5) is 0 Å². The van der Waals surface area contributed by atoms with E-state index in [4.69, 9.17) is 4.74 Å². The van der Waals surface area contributed by atoms with E-state index in [1.54, 1.807) is 0 Å². The molecule has 1 fully saturated rings. The van der Waals surface area contributed by atoms with Crippen LogP contribution in [-0.4, -0.2) is 12.2 Å². The highest BCUT2D eigenvalue weighted by molar-refractivity contribution is 5.01. The van der Waals surface area contributed by atoms with Crippen LogP contribution in [0.1, 0.15) is 90.4 Å². The fourth-order valence-corrected chi connectivity index (χ4v) is 2.96. The van der Waals surface area contributed by atoms with Gasteiger partial charge >= 0.3 is 0 Å². The van der Waals surface area contributed by atoms with Crippen molar-refractivity contribution in [2.45, 2.75) is 103 Å². The van der Waals surface area contributed by atoms with Crippen LogP contribution in [0.5, 0.6) is 0 Å². The van der Waals surface area contributed by atoms with E-state index >= 15 is 0 Å². The highest BCUT2D eigenvalue weighted by Crippen LogP contribution is 2.30. The van der Waals surface area contributed by atoms with Gasteiger partial charge in [-0.15, -0.1) is 0 Å². The molecule has 2 unspecified atom stereocenters. The molecule has 122 valence electrons. The number of rotatable bonds is 15. The molecule has 1 aliphatic heterocycles. The largest absolute Gasteiger partial charge is 0.369 e. The Hall–Kier alpha value is -0.560. The molecule has 1 rings (SSSR count). The quantitative estimate of drug-likeness (QED) is 0.188. The second kappa shape index (κ2) is 13.1. The molecule has 0 N–H and O–H groups in total. The molecule has 1 saturated heterocycles. The van der Waals surface area contributed by atoms with E-state index < -0.39 is 0 Å². The van der Waals surface area contributed by atoms with Crippen LogP contribution in [0.15, 0.2) is 24.8 Å². The Kier molecular flexibility index (Phi) is 11.6. The summed E-state index contributed by atoms with van der Waals surface area (Å²) in [7, 11) is 0. The van der Waals surface area contributed by atoms with Crippen molar-refractivity contribution >= 4 is 0 Å². The molecule has 0 aliphatic carbocycles. The fourth-order valence-electron chi connectivity index (χ4n) is 2.96. The summed E-state index contributed by atoms with van der Waals surface area (Å²) >= 11 is 0. The van der Waals surface area contributed by atoms with Crippen molar-refractivity contribution in [1.29, 1.82) is 0 Å². The minimum Gasteiger partial charge on any atom is -0.369 e. The first-order valence-electron chi connectivity index (χ1n) is 9.31. The number of ether oxygens (including phenoxy) is 1. The smallest absolute Gasteiger partial charge is 0.0876 e. The van der Waals surface area contributed by atoms with Gasteiger partial charge in [-0.3, -0.25) is 0 Å². The minimum atomic E-state index is 0.504. The van der Waals surface area contributed by atoms with Crippen molar-refractivity contribution in [1.82, 2.24) is 0 Å². The Labute approximate surface area is 132 Å². The molecular weight excluding hydrogens is 256 g/mol. The summed E-state index contributed by atoms with van der Waals surface area (Å²) in [6.07, 6.45) is 25.0. The van der Waals surface area contributed by atoms with Gasteiger partial charge in [-0.1, -0.05) is 102 Å². The SMILES string of the molecule is C=C/C=C/CC1OC1CCCCCCCCCCCCC. The third kappa shape index (κ3) is 10.8. The molecule has 1 heteroatoms. The summed E-state index contributed by atoms with van der Waals surface area (Å²) in [5.74, 6) is 0. The van der Waals surface area contributed by atoms with Crippen molar-refractivity contribution in [3.63, 3.8) is 0 Å². The van der Waals surface area contributed by atoms with Gasteiger partial charge in [0.15, 0.2) is 0 Å². The van der Waals surface area contributed by atoms with Crippen molar-refractivity contribution in [2.24, 2.45) is 0 Å². The molecule has 0 spiro atoms. The van der Waals surface area contributed by atoms with Gasteiger partial charge in [-0.05, 0) is 12.8 Å². The second-order valence-electron chi connectivity index (χ2n) is 6.44. The zero-order valence-corrected chi connectivity index (χ0v) is 14.2. The van der Waals surface area contributed by atoms with E-state index in [2.05, 4.69) is 19.6 Å². The fraction of sp³-hybridized carbons (Fsp3) is 0.800. The highest BCUT2D eigenvalue weighted by atomic mass is 16.6. The van der Waals surface area contributed by atoms with E-state index in [0.717, 1.165) is 6.42 Å². The lowest BCUT2D eigenvalue weighted by Gasteiger charge is -2.02. The Bertz CT molecular complexity index is 269. The first-order valence-corrected chi connectivity index (χ1v) is 9.31. The van der Waals surface area contributed by atoms with E-state index in [1.807, 2.05) is 12.2 Å². The van der Waals surface area contributed by atoms with Gasteiger partial charge in [0, 0.05) is 0 Å². The molecule has 21 heavy (non-hydrogen) atoms. The first kappa shape index (κ1) is 18.5. The maximum Gasteiger partial charge on any atom is 0.0876 e. The van der Waals surface area contributed by atoms with Gasteiger partial charge in [0.05, 0.1) is 12.2 Å². The third-order valence-corrected chi connectivity index (χ3v) is 4.42. The Morgan fingerprint density at radius 2 is 1.38 bits per heavy atom. The predicted octanol–water partition coefficient (Wildman–Crippen LogP) is 6.59. The van der Waals surface area contributed by atoms with Crippen molar-refractivity contribution in [3.8, 4) is 0 Å². The van der Waals surface area contributed by atoms with Gasteiger partial charge in [-0.2, -0.15) is 0 Å². The van der Waals surface area contributed by atoms with Crippen LogP contribution in [0.3, 0.4) is 0 Å². The maximum absolute atomic E-state index is 5.67. The van der Waals surface area contributed by atoms with Crippen LogP contribution >= 0.6 is 0 Å². The third-order valence-electron chi connectivity index (χ3n) is 4.42. The molecule has 0 aromatic heterocycles. The van der Waals surface area contributed by atoms with Crippen molar-refractivity contribution < 1.29 is 4.74 Å². The van der Waals surface area contributed by atoms with Crippen LogP contribution < -0.4 is 0 Å².